The number of rotatable bonds is 6. The average Bonchev–Trinajstić information content (AvgIpc) is 2.90. The minimum Gasteiger partial charge on any atom is -0.472 e. The number of aromatic nitrogens is 2. The molecule has 2 aromatic rings. The lowest BCUT2D eigenvalue weighted by Crippen LogP contribution is -2.51. The Balaban J connectivity index is 1.64. The van der Waals surface area contributed by atoms with Gasteiger partial charge in [-0.1, -0.05) is 13.0 Å². The molecule has 2 amide bonds. The first-order chi connectivity index (χ1) is 16.9. The number of nitrogens with zero attached hydrogens (tertiary/aromatic N) is 4. The Bertz CT molecular complexity index is 1030. The van der Waals surface area contributed by atoms with Crippen LogP contribution in [0.4, 0.5) is 0 Å². The quantitative estimate of drug-likeness (QED) is 0.673. The fourth-order valence-corrected chi connectivity index (χ4v) is 4.63. The van der Waals surface area contributed by atoms with E-state index in [-0.39, 0.29) is 48.3 Å². The van der Waals surface area contributed by atoms with Crippen LogP contribution in [0.5, 0.6) is 5.88 Å². The summed E-state index contributed by atoms with van der Waals surface area (Å²) >= 11 is 0. The zero-order valence-corrected chi connectivity index (χ0v) is 20.6. The van der Waals surface area contributed by atoms with Crippen molar-refractivity contribution < 1.29 is 24.2 Å². The van der Waals surface area contributed by atoms with Crippen molar-refractivity contribution in [3.8, 4) is 17.0 Å². The van der Waals surface area contributed by atoms with Crippen molar-refractivity contribution in [3.63, 3.8) is 0 Å². The molecule has 0 unspecified atom stereocenters. The van der Waals surface area contributed by atoms with Crippen LogP contribution in [0, 0.1) is 11.8 Å². The summed E-state index contributed by atoms with van der Waals surface area (Å²) in [6.07, 6.45) is 6.15. The number of amides is 2. The highest BCUT2D eigenvalue weighted by atomic mass is 16.5. The number of aliphatic hydroxyl groups excluding tert-OH is 1. The Hall–Kier alpha value is -3.04. The monoisotopic (exact) mass is 482 g/mol. The minimum absolute atomic E-state index is 0.0439. The summed E-state index contributed by atoms with van der Waals surface area (Å²) in [5, 5.41) is 9.85. The summed E-state index contributed by atoms with van der Waals surface area (Å²) in [5.41, 5.74) is 1.93. The van der Waals surface area contributed by atoms with Crippen LogP contribution in [0.15, 0.2) is 36.8 Å². The van der Waals surface area contributed by atoms with Crippen LogP contribution < -0.4 is 4.74 Å². The van der Waals surface area contributed by atoms with Crippen molar-refractivity contribution in [2.75, 3.05) is 40.0 Å². The van der Waals surface area contributed by atoms with E-state index in [4.69, 9.17) is 9.47 Å². The normalized spacial score (nSPS) is 21.9. The van der Waals surface area contributed by atoms with Crippen LogP contribution in [0.1, 0.15) is 37.0 Å². The molecular formula is C26H34N4O5. The smallest absolute Gasteiger partial charge is 0.259 e. The SMILES string of the molecule is C[C@@H]1CN([C@@H](C)CO)C(=O)c2cc(-c3cccnc3)cnc2O[C@H]1CN(C)C(=O)C1CCOCC1. The molecule has 3 atom stereocenters. The number of carbonyl (C=O) groups is 2. The van der Waals surface area contributed by atoms with Crippen LogP contribution >= 0.6 is 0 Å². The van der Waals surface area contributed by atoms with E-state index in [2.05, 4.69) is 9.97 Å². The van der Waals surface area contributed by atoms with E-state index < -0.39 is 0 Å². The summed E-state index contributed by atoms with van der Waals surface area (Å²) in [7, 11) is 1.80. The molecule has 0 saturated carbocycles. The number of hydrogen-bond acceptors (Lipinski definition) is 7. The topological polar surface area (TPSA) is 105 Å². The molecule has 0 spiro atoms. The molecule has 188 valence electrons. The number of likely N-dealkylation sites (N-methyl/N-ethyl adjacent to an activating group) is 1. The van der Waals surface area contributed by atoms with E-state index in [1.807, 2.05) is 26.0 Å². The van der Waals surface area contributed by atoms with Gasteiger partial charge in [-0.15, -0.1) is 0 Å². The van der Waals surface area contributed by atoms with Crippen molar-refractivity contribution in [2.45, 2.75) is 38.8 Å². The molecule has 0 aromatic carbocycles. The Morgan fingerprint density at radius 3 is 2.74 bits per heavy atom. The van der Waals surface area contributed by atoms with Crippen molar-refractivity contribution in [1.29, 1.82) is 0 Å². The van der Waals surface area contributed by atoms with Gasteiger partial charge in [-0.25, -0.2) is 4.98 Å². The molecule has 2 aliphatic rings. The van der Waals surface area contributed by atoms with Gasteiger partial charge in [-0.3, -0.25) is 14.6 Å². The van der Waals surface area contributed by atoms with E-state index in [1.165, 1.54) is 0 Å². The molecule has 1 N–H and O–H groups in total. The van der Waals surface area contributed by atoms with E-state index in [0.29, 0.717) is 31.9 Å². The fraction of sp³-hybridized carbons (Fsp3) is 0.538. The second kappa shape index (κ2) is 11.1. The summed E-state index contributed by atoms with van der Waals surface area (Å²) in [6.45, 7) is 5.63. The lowest BCUT2D eigenvalue weighted by molar-refractivity contribution is -0.138. The highest BCUT2D eigenvalue weighted by molar-refractivity contribution is 5.98. The Labute approximate surface area is 206 Å². The summed E-state index contributed by atoms with van der Waals surface area (Å²) in [4.78, 5) is 38.7. The van der Waals surface area contributed by atoms with Crippen LogP contribution in [0.25, 0.3) is 11.1 Å². The molecule has 9 heteroatoms. The molecule has 0 bridgehead atoms. The summed E-state index contributed by atoms with van der Waals surface area (Å²) < 4.78 is 11.7. The Kier molecular flexibility index (Phi) is 7.97. The predicted octanol–water partition coefficient (Wildman–Crippen LogP) is 2.25. The van der Waals surface area contributed by atoms with Crippen molar-refractivity contribution in [3.05, 3.63) is 42.4 Å². The van der Waals surface area contributed by atoms with Crippen LogP contribution in [-0.2, 0) is 9.53 Å². The van der Waals surface area contributed by atoms with Gasteiger partial charge < -0.3 is 24.4 Å². The van der Waals surface area contributed by atoms with Gasteiger partial charge in [0, 0.05) is 68.4 Å². The van der Waals surface area contributed by atoms with Gasteiger partial charge >= 0.3 is 0 Å². The maximum absolute atomic E-state index is 13.6. The molecule has 4 rings (SSSR count). The second-order valence-electron chi connectivity index (χ2n) is 9.55. The van der Waals surface area contributed by atoms with Gasteiger partial charge in [0.1, 0.15) is 11.7 Å². The predicted molar refractivity (Wildman–Crippen MR) is 130 cm³/mol. The molecular weight excluding hydrogens is 448 g/mol. The van der Waals surface area contributed by atoms with Gasteiger partial charge in [0.05, 0.1) is 19.2 Å². The first kappa shape index (κ1) is 25.1. The Morgan fingerprint density at radius 2 is 2.06 bits per heavy atom. The fourth-order valence-electron chi connectivity index (χ4n) is 4.63. The molecule has 0 aliphatic carbocycles. The van der Waals surface area contributed by atoms with Gasteiger partial charge in [0.2, 0.25) is 11.8 Å². The molecule has 2 aliphatic heterocycles. The van der Waals surface area contributed by atoms with E-state index in [0.717, 1.165) is 24.0 Å². The molecule has 4 heterocycles. The number of pyridine rings is 2. The number of carbonyl (C=O) groups excluding carboxylic acids is 2. The van der Waals surface area contributed by atoms with Gasteiger partial charge in [0.25, 0.3) is 5.91 Å². The van der Waals surface area contributed by atoms with Crippen molar-refractivity contribution >= 4 is 11.8 Å². The highest BCUT2D eigenvalue weighted by Gasteiger charge is 2.35. The highest BCUT2D eigenvalue weighted by Crippen LogP contribution is 2.30. The van der Waals surface area contributed by atoms with Crippen LogP contribution in [0.3, 0.4) is 0 Å². The number of fused-ring (bicyclic) bond motifs is 1. The van der Waals surface area contributed by atoms with E-state index >= 15 is 0 Å². The first-order valence-corrected chi connectivity index (χ1v) is 12.2. The van der Waals surface area contributed by atoms with Crippen LogP contribution in [0.2, 0.25) is 0 Å². The van der Waals surface area contributed by atoms with Crippen LogP contribution in [-0.4, -0.2) is 88.8 Å². The van der Waals surface area contributed by atoms with Gasteiger partial charge in [-0.2, -0.15) is 0 Å². The standard InChI is InChI=1S/C26H34N4O5/c1-17-14-30(18(2)16-31)26(33)22-11-21(20-5-4-8-27-12-20)13-28-24(22)35-23(17)15-29(3)25(32)19-6-9-34-10-7-19/h4-5,8,11-13,17-19,23,31H,6-7,9-10,14-16H2,1-3H3/t17-,18+,23+/m1/s1. The largest absolute Gasteiger partial charge is 0.472 e. The first-order valence-electron chi connectivity index (χ1n) is 12.2. The second-order valence-corrected chi connectivity index (χ2v) is 9.55. The average molecular weight is 483 g/mol. The summed E-state index contributed by atoms with van der Waals surface area (Å²) in [6, 6.07) is 5.12. The molecule has 2 aromatic heterocycles. The summed E-state index contributed by atoms with van der Waals surface area (Å²) in [5.74, 6) is -0.0516. The maximum Gasteiger partial charge on any atom is 0.259 e. The van der Waals surface area contributed by atoms with E-state index in [1.54, 1.807) is 41.5 Å². The number of hydrogen-bond donors (Lipinski definition) is 1. The minimum atomic E-state index is -0.375. The van der Waals surface area contributed by atoms with Crippen molar-refractivity contribution in [2.24, 2.45) is 11.8 Å². The maximum atomic E-state index is 13.6. The molecule has 1 saturated heterocycles. The Morgan fingerprint density at radius 1 is 1.29 bits per heavy atom. The lowest BCUT2D eigenvalue weighted by Gasteiger charge is -2.38. The van der Waals surface area contributed by atoms with Crippen molar-refractivity contribution in [1.82, 2.24) is 19.8 Å². The zero-order chi connectivity index (χ0) is 24.9. The molecule has 1 fully saturated rings. The third kappa shape index (κ3) is 5.62. The third-order valence-electron chi connectivity index (χ3n) is 6.92. The molecule has 9 nitrogen and oxygen atoms in total. The van der Waals surface area contributed by atoms with Gasteiger partial charge in [0.15, 0.2) is 0 Å². The zero-order valence-electron chi connectivity index (χ0n) is 20.6. The number of aliphatic hydroxyl groups is 1. The third-order valence-corrected chi connectivity index (χ3v) is 6.92. The van der Waals surface area contributed by atoms with E-state index in [9.17, 15) is 14.7 Å². The van der Waals surface area contributed by atoms with Gasteiger partial charge in [-0.05, 0) is 31.9 Å². The molecule has 0 radical (unpaired) electrons. The lowest BCUT2D eigenvalue weighted by atomic mass is 9.97. The number of ether oxygens (including phenoxy) is 2. The molecule has 35 heavy (non-hydrogen) atoms.